The molecule has 2 amide bonds. The van der Waals surface area contributed by atoms with Crippen LogP contribution in [0.4, 0.5) is 4.79 Å². The van der Waals surface area contributed by atoms with E-state index >= 15 is 0 Å². The van der Waals surface area contributed by atoms with Crippen LogP contribution in [0.2, 0.25) is 0 Å². The third-order valence-corrected chi connectivity index (χ3v) is 2.88. The van der Waals surface area contributed by atoms with Crippen molar-refractivity contribution in [1.29, 1.82) is 0 Å². The minimum Gasteiger partial charge on any atom is -0.497 e. The number of urea groups is 1. The van der Waals surface area contributed by atoms with Crippen molar-refractivity contribution in [3.05, 3.63) is 29.8 Å². The first kappa shape index (κ1) is 11.7. The average Bonchev–Trinajstić information content (AvgIpc) is 2.72. The maximum atomic E-state index is 11.6. The Bertz CT molecular complexity index is 391. The van der Waals surface area contributed by atoms with Crippen LogP contribution < -0.4 is 10.1 Å². The molecule has 0 aromatic heterocycles. The van der Waals surface area contributed by atoms with Gasteiger partial charge in [-0.2, -0.15) is 0 Å². The van der Waals surface area contributed by atoms with Gasteiger partial charge < -0.3 is 20.1 Å². The molecule has 1 aliphatic rings. The van der Waals surface area contributed by atoms with Crippen molar-refractivity contribution in [3.8, 4) is 5.75 Å². The van der Waals surface area contributed by atoms with Gasteiger partial charge in [0.1, 0.15) is 5.75 Å². The summed E-state index contributed by atoms with van der Waals surface area (Å²) in [5.74, 6) is 0.797. The number of nitrogens with one attached hydrogen (secondary N) is 1. The Morgan fingerprint density at radius 3 is 2.76 bits per heavy atom. The van der Waals surface area contributed by atoms with E-state index in [0.29, 0.717) is 13.1 Å². The molecule has 1 heterocycles. The number of ether oxygens (including phenoxy) is 1. The normalized spacial score (nSPS) is 19.3. The summed E-state index contributed by atoms with van der Waals surface area (Å²) in [4.78, 5) is 13.2. The zero-order chi connectivity index (χ0) is 12.3. The predicted molar refractivity (Wildman–Crippen MR) is 62.9 cm³/mol. The highest BCUT2D eigenvalue weighted by Crippen LogP contribution is 2.22. The van der Waals surface area contributed by atoms with Crippen LogP contribution >= 0.6 is 0 Å². The first-order valence-corrected chi connectivity index (χ1v) is 5.55. The number of carbonyl (C=O) groups excluding carboxylic acids is 1. The summed E-state index contributed by atoms with van der Waals surface area (Å²) in [6.07, 6.45) is 0. The minimum atomic E-state index is -0.125. The van der Waals surface area contributed by atoms with Crippen LogP contribution in [0, 0.1) is 0 Å². The molecule has 2 N–H and O–H groups in total. The third-order valence-electron chi connectivity index (χ3n) is 2.88. The van der Waals surface area contributed by atoms with Crippen LogP contribution in [0.15, 0.2) is 24.3 Å². The lowest BCUT2D eigenvalue weighted by molar-refractivity contribution is 0.196. The Labute approximate surface area is 100.0 Å². The molecule has 0 bridgehead atoms. The highest BCUT2D eigenvalue weighted by Gasteiger charge is 2.28. The predicted octanol–water partition coefficient (Wildman–Crippen LogP) is 0.754. The largest absolute Gasteiger partial charge is 0.497 e. The zero-order valence-electron chi connectivity index (χ0n) is 9.72. The molecular formula is C12H16N2O3. The number of methoxy groups -OCH3 is 1. The number of β-amino-alcohol motifs (C(OH)–C–C–N with tert-alkyl or cyclic N) is 1. The average molecular weight is 236 g/mol. The Balaban J connectivity index is 2.06. The van der Waals surface area contributed by atoms with E-state index in [-0.39, 0.29) is 18.7 Å². The summed E-state index contributed by atoms with van der Waals surface area (Å²) in [5, 5.41) is 11.7. The fraction of sp³-hybridized carbons (Fsp3) is 0.417. The van der Waals surface area contributed by atoms with Gasteiger partial charge in [0, 0.05) is 13.1 Å². The lowest BCUT2D eigenvalue weighted by atomic mass is 10.1. The van der Waals surface area contributed by atoms with Gasteiger partial charge in [-0.05, 0) is 17.7 Å². The minimum absolute atomic E-state index is 0.0112. The first-order chi connectivity index (χ1) is 8.24. The van der Waals surface area contributed by atoms with Gasteiger partial charge in [-0.25, -0.2) is 4.79 Å². The summed E-state index contributed by atoms with van der Waals surface area (Å²) in [6, 6.07) is 7.48. The molecular weight excluding hydrogens is 220 g/mol. The second-order valence-corrected chi connectivity index (χ2v) is 3.94. The standard InChI is InChI=1S/C12H16N2O3/c1-17-10-4-2-9(3-5-10)11-8-14(6-7-15)12(16)13-11/h2-5,11,15H,6-8H2,1H3,(H,13,16). The molecule has 1 saturated heterocycles. The molecule has 0 aliphatic carbocycles. The summed E-state index contributed by atoms with van der Waals surface area (Å²) < 4.78 is 5.08. The van der Waals surface area contributed by atoms with E-state index < -0.39 is 0 Å². The lowest BCUT2D eigenvalue weighted by Crippen LogP contribution is -2.30. The van der Waals surface area contributed by atoms with Crippen LogP contribution in [0.25, 0.3) is 0 Å². The van der Waals surface area contributed by atoms with E-state index in [0.717, 1.165) is 11.3 Å². The molecule has 0 spiro atoms. The maximum Gasteiger partial charge on any atom is 0.318 e. The van der Waals surface area contributed by atoms with Gasteiger partial charge in [-0.3, -0.25) is 0 Å². The fourth-order valence-electron chi connectivity index (χ4n) is 1.93. The van der Waals surface area contributed by atoms with Crippen molar-refractivity contribution in [3.63, 3.8) is 0 Å². The quantitative estimate of drug-likeness (QED) is 0.811. The summed E-state index contributed by atoms with van der Waals surface area (Å²) in [7, 11) is 1.62. The highest BCUT2D eigenvalue weighted by atomic mass is 16.5. The first-order valence-electron chi connectivity index (χ1n) is 5.55. The molecule has 1 fully saturated rings. The maximum absolute atomic E-state index is 11.6. The van der Waals surface area contributed by atoms with Crippen LogP contribution in [0.3, 0.4) is 0 Å². The van der Waals surface area contributed by atoms with Gasteiger partial charge in [0.05, 0.1) is 19.8 Å². The zero-order valence-corrected chi connectivity index (χ0v) is 9.72. The Kier molecular flexibility index (Phi) is 3.49. The highest BCUT2D eigenvalue weighted by molar-refractivity contribution is 5.77. The van der Waals surface area contributed by atoms with Gasteiger partial charge >= 0.3 is 6.03 Å². The SMILES string of the molecule is COc1ccc(C2CN(CCO)C(=O)N2)cc1. The molecule has 5 nitrogen and oxygen atoms in total. The number of hydrogen-bond donors (Lipinski definition) is 2. The monoisotopic (exact) mass is 236 g/mol. The van der Waals surface area contributed by atoms with Gasteiger partial charge in [-0.15, -0.1) is 0 Å². The number of amides is 2. The van der Waals surface area contributed by atoms with E-state index in [2.05, 4.69) is 5.32 Å². The van der Waals surface area contributed by atoms with Gasteiger partial charge in [0.15, 0.2) is 0 Å². The molecule has 1 aliphatic heterocycles. The van der Waals surface area contributed by atoms with E-state index in [1.165, 1.54) is 0 Å². The second-order valence-electron chi connectivity index (χ2n) is 3.94. The molecule has 92 valence electrons. The number of aliphatic hydroxyl groups excluding tert-OH is 1. The van der Waals surface area contributed by atoms with Crippen molar-refractivity contribution in [2.45, 2.75) is 6.04 Å². The number of aliphatic hydroxyl groups is 1. The van der Waals surface area contributed by atoms with Crippen molar-refractivity contribution >= 4 is 6.03 Å². The second kappa shape index (κ2) is 5.05. The summed E-state index contributed by atoms with van der Waals surface area (Å²) >= 11 is 0. The number of carbonyl (C=O) groups is 1. The van der Waals surface area contributed by atoms with E-state index in [1.54, 1.807) is 12.0 Å². The van der Waals surface area contributed by atoms with Crippen LogP contribution in [0.1, 0.15) is 11.6 Å². The van der Waals surface area contributed by atoms with E-state index in [9.17, 15) is 4.79 Å². The molecule has 1 unspecified atom stereocenters. The number of benzene rings is 1. The molecule has 1 atom stereocenters. The summed E-state index contributed by atoms with van der Waals surface area (Å²) in [5.41, 5.74) is 1.04. The van der Waals surface area contributed by atoms with Crippen LogP contribution in [-0.4, -0.2) is 42.8 Å². The van der Waals surface area contributed by atoms with Gasteiger partial charge in [0.2, 0.25) is 0 Å². The Hall–Kier alpha value is -1.75. The molecule has 1 aromatic carbocycles. The topological polar surface area (TPSA) is 61.8 Å². The number of nitrogens with zero attached hydrogens (tertiary/aromatic N) is 1. The molecule has 1 aromatic rings. The summed E-state index contributed by atoms with van der Waals surface area (Å²) in [6.45, 7) is 0.951. The molecule has 0 saturated carbocycles. The van der Waals surface area contributed by atoms with Crippen molar-refractivity contribution in [1.82, 2.24) is 10.2 Å². The molecule has 2 rings (SSSR count). The molecule has 5 heteroatoms. The smallest absolute Gasteiger partial charge is 0.318 e. The van der Waals surface area contributed by atoms with Gasteiger partial charge in [0.25, 0.3) is 0 Å². The van der Waals surface area contributed by atoms with Crippen LogP contribution in [-0.2, 0) is 0 Å². The number of hydrogen-bond acceptors (Lipinski definition) is 3. The fourth-order valence-corrected chi connectivity index (χ4v) is 1.93. The van der Waals surface area contributed by atoms with E-state index in [1.807, 2.05) is 24.3 Å². The number of rotatable bonds is 4. The van der Waals surface area contributed by atoms with Crippen molar-refractivity contribution in [2.24, 2.45) is 0 Å². The third kappa shape index (κ3) is 2.50. The Morgan fingerprint density at radius 2 is 2.18 bits per heavy atom. The molecule has 17 heavy (non-hydrogen) atoms. The lowest BCUT2D eigenvalue weighted by Gasteiger charge is -2.12. The van der Waals surface area contributed by atoms with Gasteiger partial charge in [-0.1, -0.05) is 12.1 Å². The van der Waals surface area contributed by atoms with Crippen molar-refractivity contribution in [2.75, 3.05) is 26.8 Å². The Morgan fingerprint density at radius 1 is 1.47 bits per heavy atom. The van der Waals surface area contributed by atoms with Crippen molar-refractivity contribution < 1.29 is 14.6 Å². The molecule has 0 radical (unpaired) electrons. The van der Waals surface area contributed by atoms with Crippen LogP contribution in [0.5, 0.6) is 5.75 Å². The van der Waals surface area contributed by atoms with E-state index in [4.69, 9.17) is 9.84 Å².